The highest BCUT2D eigenvalue weighted by Crippen LogP contribution is 2.18. The van der Waals surface area contributed by atoms with Gasteiger partial charge in [0.05, 0.1) is 6.42 Å². The fraction of sp³-hybridized carbons (Fsp3) is 0.350. The average molecular weight is 365 g/mol. The molecule has 7 nitrogen and oxygen atoms in total. The number of piperazine rings is 1. The first-order chi connectivity index (χ1) is 13.2. The molecule has 4 rings (SSSR count). The van der Waals surface area contributed by atoms with E-state index in [0.29, 0.717) is 17.8 Å². The molecule has 0 radical (unpaired) electrons. The van der Waals surface area contributed by atoms with Crippen LogP contribution in [0, 0.1) is 0 Å². The van der Waals surface area contributed by atoms with Crippen LogP contribution in [0.25, 0.3) is 11.0 Å². The Balaban J connectivity index is 1.35. The summed E-state index contributed by atoms with van der Waals surface area (Å²) in [6.07, 6.45) is 2.01. The van der Waals surface area contributed by atoms with Crippen LogP contribution >= 0.6 is 0 Å². The average Bonchev–Trinajstić information content (AvgIpc) is 3.10. The summed E-state index contributed by atoms with van der Waals surface area (Å²) in [4.78, 5) is 21.4. The molecule has 3 heterocycles. The number of nitrogens with one attached hydrogen (secondary N) is 1. The summed E-state index contributed by atoms with van der Waals surface area (Å²) in [6.45, 7) is 4.48. The lowest BCUT2D eigenvalue weighted by Gasteiger charge is -2.33. The van der Waals surface area contributed by atoms with Crippen molar-refractivity contribution in [1.82, 2.24) is 20.4 Å². The van der Waals surface area contributed by atoms with Crippen LogP contribution in [-0.2, 0) is 17.8 Å². The van der Waals surface area contributed by atoms with Gasteiger partial charge in [-0.3, -0.25) is 4.79 Å². The Labute approximate surface area is 157 Å². The van der Waals surface area contributed by atoms with Gasteiger partial charge in [0.15, 0.2) is 5.58 Å². The molecule has 3 aromatic rings. The Morgan fingerprint density at radius 1 is 1.19 bits per heavy atom. The van der Waals surface area contributed by atoms with Crippen LogP contribution in [0.2, 0.25) is 0 Å². The number of hydrogen-bond acceptors (Lipinski definition) is 6. The zero-order chi connectivity index (χ0) is 18.6. The van der Waals surface area contributed by atoms with Gasteiger partial charge in [-0.2, -0.15) is 0 Å². The molecular formula is C20H23N5O2. The highest BCUT2D eigenvalue weighted by molar-refractivity contribution is 5.86. The molecule has 140 valence electrons. The smallest absolute Gasteiger partial charge is 0.226 e. The fourth-order valence-corrected chi connectivity index (χ4v) is 3.26. The Morgan fingerprint density at radius 3 is 2.85 bits per heavy atom. The molecule has 1 aliphatic heterocycles. The molecule has 1 N–H and O–H groups in total. The van der Waals surface area contributed by atoms with Crippen LogP contribution in [0.4, 0.5) is 5.82 Å². The van der Waals surface area contributed by atoms with Gasteiger partial charge in [-0.15, -0.1) is 0 Å². The number of anilines is 1. The van der Waals surface area contributed by atoms with Gasteiger partial charge in [0.1, 0.15) is 11.5 Å². The standard InChI is InChI=1S/C20H23N5O2/c1-24-8-10-25(11-9-24)19-12-15(6-7-21-19)14-22-20(26)13-17-16-4-2-3-5-18(16)27-23-17/h2-7,12H,8-11,13-14H2,1H3,(H,22,26). The Kier molecular flexibility index (Phi) is 5.02. The van der Waals surface area contributed by atoms with Crippen molar-refractivity contribution in [3.8, 4) is 0 Å². The van der Waals surface area contributed by atoms with Crippen molar-refractivity contribution in [1.29, 1.82) is 0 Å². The third kappa shape index (κ3) is 4.09. The number of carbonyl (C=O) groups excluding carboxylic acids is 1. The third-order valence-corrected chi connectivity index (χ3v) is 4.91. The predicted molar refractivity (Wildman–Crippen MR) is 104 cm³/mol. The van der Waals surface area contributed by atoms with Crippen molar-refractivity contribution in [2.24, 2.45) is 0 Å². The molecule has 1 fully saturated rings. The van der Waals surface area contributed by atoms with Crippen LogP contribution in [0.15, 0.2) is 47.1 Å². The van der Waals surface area contributed by atoms with E-state index in [1.165, 1.54) is 0 Å². The maximum Gasteiger partial charge on any atom is 0.226 e. The molecule has 1 amide bonds. The molecule has 1 aromatic carbocycles. The van der Waals surface area contributed by atoms with Gasteiger partial charge in [0.25, 0.3) is 0 Å². The van der Waals surface area contributed by atoms with E-state index in [4.69, 9.17) is 4.52 Å². The number of rotatable bonds is 5. The number of benzene rings is 1. The molecular weight excluding hydrogens is 342 g/mol. The van der Waals surface area contributed by atoms with Crippen molar-refractivity contribution in [3.05, 3.63) is 53.9 Å². The SMILES string of the molecule is CN1CCN(c2cc(CNC(=O)Cc3noc4ccccc34)ccn2)CC1. The number of nitrogens with zero attached hydrogens (tertiary/aromatic N) is 4. The summed E-state index contributed by atoms with van der Waals surface area (Å²) in [5.41, 5.74) is 2.40. The van der Waals surface area contributed by atoms with E-state index in [2.05, 4.69) is 38.4 Å². The van der Waals surface area contributed by atoms with E-state index < -0.39 is 0 Å². The lowest BCUT2D eigenvalue weighted by Crippen LogP contribution is -2.44. The Bertz CT molecular complexity index is 931. The highest BCUT2D eigenvalue weighted by atomic mass is 16.5. The second-order valence-corrected chi connectivity index (χ2v) is 6.89. The Morgan fingerprint density at radius 2 is 2.00 bits per heavy atom. The molecule has 0 bridgehead atoms. The zero-order valence-electron chi connectivity index (χ0n) is 15.4. The van der Waals surface area contributed by atoms with Gasteiger partial charge in [-0.05, 0) is 36.9 Å². The lowest BCUT2D eigenvalue weighted by molar-refractivity contribution is -0.120. The molecule has 7 heteroatoms. The number of amides is 1. The summed E-state index contributed by atoms with van der Waals surface area (Å²) in [5, 5.41) is 7.86. The van der Waals surface area contributed by atoms with E-state index in [9.17, 15) is 4.79 Å². The minimum absolute atomic E-state index is 0.0768. The van der Waals surface area contributed by atoms with Crippen LogP contribution in [0.1, 0.15) is 11.3 Å². The van der Waals surface area contributed by atoms with Crippen LogP contribution in [0.3, 0.4) is 0 Å². The second kappa shape index (κ2) is 7.75. The fourth-order valence-electron chi connectivity index (χ4n) is 3.26. The molecule has 0 spiro atoms. The maximum atomic E-state index is 12.3. The molecule has 0 unspecified atom stereocenters. The van der Waals surface area contributed by atoms with E-state index >= 15 is 0 Å². The van der Waals surface area contributed by atoms with E-state index in [1.807, 2.05) is 30.3 Å². The van der Waals surface area contributed by atoms with Gasteiger partial charge in [-0.25, -0.2) is 4.98 Å². The molecule has 2 aromatic heterocycles. The number of aromatic nitrogens is 2. The summed E-state index contributed by atoms with van der Waals surface area (Å²) in [7, 11) is 2.13. The molecule has 0 atom stereocenters. The monoisotopic (exact) mass is 365 g/mol. The van der Waals surface area contributed by atoms with Gasteiger partial charge in [0.2, 0.25) is 5.91 Å². The van der Waals surface area contributed by atoms with Gasteiger partial charge in [0, 0.05) is 44.3 Å². The largest absolute Gasteiger partial charge is 0.356 e. The summed E-state index contributed by atoms with van der Waals surface area (Å²) in [6, 6.07) is 11.6. The van der Waals surface area contributed by atoms with Gasteiger partial charge >= 0.3 is 0 Å². The number of likely N-dealkylation sites (N-methyl/N-ethyl adjacent to an activating group) is 1. The van der Waals surface area contributed by atoms with Gasteiger partial charge < -0.3 is 19.6 Å². The Hall–Kier alpha value is -2.93. The van der Waals surface area contributed by atoms with Crippen LogP contribution < -0.4 is 10.2 Å². The number of fused-ring (bicyclic) bond motifs is 1. The molecule has 27 heavy (non-hydrogen) atoms. The van der Waals surface area contributed by atoms with E-state index in [0.717, 1.165) is 42.9 Å². The number of para-hydroxylation sites is 1. The second-order valence-electron chi connectivity index (χ2n) is 6.89. The van der Waals surface area contributed by atoms with Crippen molar-refractivity contribution >= 4 is 22.7 Å². The number of pyridine rings is 1. The quantitative estimate of drug-likeness (QED) is 0.744. The molecule has 1 aliphatic rings. The maximum absolute atomic E-state index is 12.3. The highest BCUT2D eigenvalue weighted by Gasteiger charge is 2.16. The molecule has 1 saturated heterocycles. The summed E-state index contributed by atoms with van der Waals surface area (Å²) in [5.74, 6) is 0.893. The normalized spacial score (nSPS) is 15.2. The van der Waals surface area contributed by atoms with E-state index in [-0.39, 0.29) is 12.3 Å². The van der Waals surface area contributed by atoms with Gasteiger partial charge in [-0.1, -0.05) is 17.3 Å². The van der Waals surface area contributed by atoms with Crippen LogP contribution in [-0.4, -0.2) is 54.2 Å². The minimum atomic E-state index is -0.0768. The predicted octanol–water partition coefficient (Wildman–Crippen LogP) is 1.83. The zero-order valence-corrected chi connectivity index (χ0v) is 15.4. The molecule has 0 aliphatic carbocycles. The third-order valence-electron chi connectivity index (χ3n) is 4.91. The first-order valence-electron chi connectivity index (χ1n) is 9.17. The summed E-state index contributed by atoms with van der Waals surface area (Å²) < 4.78 is 5.26. The van der Waals surface area contributed by atoms with Crippen molar-refractivity contribution in [3.63, 3.8) is 0 Å². The topological polar surface area (TPSA) is 74.5 Å². The summed E-state index contributed by atoms with van der Waals surface area (Å²) >= 11 is 0. The lowest BCUT2D eigenvalue weighted by atomic mass is 10.1. The van der Waals surface area contributed by atoms with E-state index in [1.54, 1.807) is 6.20 Å². The first-order valence-corrected chi connectivity index (χ1v) is 9.17. The van der Waals surface area contributed by atoms with Crippen LogP contribution in [0.5, 0.6) is 0 Å². The van der Waals surface area contributed by atoms with Crippen molar-refractivity contribution < 1.29 is 9.32 Å². The van der Waals surface area contributed by atoms with Crippen molar-refractivity contribution in [2.45, 2.75) is 13.0 Å². The van der Waals surface area contributed by atoms with Crippen molar-refractivity contribution in [2.75, 3.05) is 38.1 Å². The number of hydrogen-bond donors (Lipinski definition) is 1. The minimum Gasteiger partial charge on any atom is -0.356 e. The number of carbonyl (C=O) groups is 1. The first kappa shape index (κ1) is 17.5. The molecule has 0 saturated carbocycles.